The molecule has 84 valence electrons. The lowest BCUT2D eigenvalue weighted by Gasteiger charge is -2.08. The van der Waals surface area contributed by atoms with Crippen molar-refractivity contribution < 1.29 is 0 Å². The van der Waals surface area contributed by atoms with Crippen LogP contribution in [0.3, 0.4) is 0 Å². The largest absolute Gasteiger partial charge is 0.398 e. The second-order valence-corrected chi connectivity index (χ2v) is 6.08. The number of hydrogen-bond donors (Lipinski definition) is 1. The van der Waals surface area contributed by atoms with E-state index in [0.717, 1.165) is 5.75 Å². The van der Waals surface area contributed by atoms with Gasteiger partial charge in [-0.3, -0.25) is 4.79 Å². The molecule has 0 aliphatic heterocycles. The minimum atomic E-state index is -0.0199. The first-order valence-corrected chi connectivity index (χ1v) is 6.62. The summed E-state index contributed by atoms with van der Waals surface area (Å²) >= 11 is 5.03. The summed E-state index contributed by atoms with van der Waals surface area (Å²) in [6.45, 7) is 4.98. The van der Waals surface area contributed by atoms with E-state index in [1.165, 1.54) is 0 Å². The summed E-state index contributed by atoms with van der Waals surface area (Å²) in [4.78, 5) is 11.6. The zero-order chi connectivity index (χ0) is 11.4. The molecule has 0 unspecified atom stereocenters. The number of anilines is 1. The molecule has 0 aromatic carbocycles. The predicted octanol–water partition coefficient (Wildman–Crippen LogP) is 2.33. The van der Waals surface area contributed by atoms with Crippen LogP contribution in [0.1, 0.15) is 13.8 Å². The number of nitrogens with two attached hydrogens (primary N) is 1. The second-order valence-electron chi connectivity index (χ2n) is 3.54. The van der Waals surface area contributed by atoms with Gasteiger partial charge in [-0.15, -0.1) is 0 Å². The third kappa shape index (κ3) is 3.91. The SMILES string of the molecule is CC(C)SCCn1cc(N)cc(Br)c1=O. The number of rotatable bonds is 4. The Morgan fingerprint density at radius 1 is 1.60 bits per heavy atom. The molecule has 0 aliphatic rings. The van der Waals surface area contributed by atoms with Gasteiger partial charge in [0.25, 0.3) is 5.56 Å². The summed E-state index contributed by atoms with van der Waals surface area (Å²) in [5, 5.41) is 0.588. The van der Waals surface area contributed by atoms with Gasteiger partial charge in [-0.05, 0) is 27.2 Å². The number of nitrogen functional groups attached to an aromatic ring is 1. The van der Waals surface area contributed by atoms with Gasteiger partial charge >= 0.3 is 0 Å². The molecule has 1 aromatic heterocycles. The van der Waals surface area contributed by atoms with E-state index in [9.17, 15) is 4.79 Å². The molecule has 1 rings (SSSR count). The Hall–Kier alpha value is -0.420. The van der Waals surface area contributed by atoms with E-state index in [-0.39, 0.29) is 5.56 Å². The van der Waals surface area contributed by atoms with E-state index < -0.39 is 0 Å². The van der Waals surface area contributed by atoms with Crippen LogP contribution in [0.25, 0.3) is 0 Å². The maximum absolute atomic E-state index is 11.6. The van der Waals surface area contributed by atoms with Crippen molar-refractivity contribution in [2.75, 3.05) is 11.5 Å². The summed E-state index contributed by atoms with van der Waals surface area (Å²) in [6.07, 6.45) is 1.69. The lowest BCUT2D eigenvalue weighted by atomic mass is 10.4. The van der Waals surface area contributed by atoms with Crippen molar-refractivity contribution in [3.63, 3.8) is 0 Å². The van der Waals surface area contributed by atoms with Crippen molar-refractivity contribution in [1.82, 2.24) is 4.57 Å². The first kappa shape index (κ1) is 12.6. The molecule has 0 saturated heterocycles. The first-order valence-electron chi connectivity index (χ1n) is 4.77. The van der Waals surface area contributed by atoms with E-state index in [4.69, 9.17) is 5.73 Å². The minimum Gasteiger partial charge on any atom is -0.398 e. The number of pyridine rings is 1. The Balaban J connectivity index is 2.73. The molecule has 2 N–H and O–H groups in total. The van der Waals surface area contributed by atoms with Crippen molar-refractivity contribution in [2.24, 2.45) is 0 Å². The summed E-state index contributed by atoms with van der Waals surface area (Å²) in [7, 11) is 0. The van der Waals surface area contributed by atoms with Gasteiger partial charge in [0.1, 0.15) is 0 Å². The first-order chi connectivity index (χ1) is 7.00. The summed E-state index contributed by atoms with van der Waals surface area (Å²) in [5.74, 6) is 0.924. The zero-order valence-corrected chi connectivity index (χ0v) is 11.3. The van der Waals surface area contributed by atoms with E-state index in [2.05, 4.69) is 29.8 Å². The smallest absolute Gasteiger partial charge is 0.265 e. The summed E-state index contributed by atoms with van der Waals surface area (Å²) < 4.78 is 2.17. The number of thioether (sulfide) groups is 1. The maximum Gasteiger partial charge on any atom is 0.265 e. The molecular weight excluding hydrogens is 276 g/mol. The standard InChI is InChI=1S/C10H15BrN2OS/c1-7(2)15-4-3-13-6-8(12)5-9(11)10(13)14/h5-7H,3-4,12H2,1-2H3. The lowest BCUT2D eigenvalue weighted by Crippen LogP contribution is -2.22. The molecule has 0 spiro atoms. The van der Waals surface area contributed by atoms with Crippen molar-refractivity contribution in [2.45, 2.75) is 25.6 Å². The van der Waals surface area contributed by atoms with Gasteiger partial charge in [0.15, 0.2) is 0 Å². The fraction of sp³-hybridized carbons (Fsp3) is 0.500. The van der Waals surface area contributed by atoms with Gasteiger partial charge < -0.3 is 10.3 Å². The Labute approximate surface area is 102 Å². The Kier molecular flexibility index (Phi) is 4.73. The van der Waals surface area contributed by atoms with E-state index >= 15 is 0 Å². The number of halogens is 1. The molecule has 0 atom stereocenters. The monoisotopic (exact) mass is 290 g/mol. The molecule has 0 amide bonds. The summed E-state index contributed by atoms with van der Waals surface area (Å²) in [5.41, 5.74) is 6.25. The molecule has 0 radical (unpaired) electrons. The van der Waals surface area contributed by atoms with Crippen molar-refractivity contribution in [3.8, 4) is 0 Å². The van der Waals surface area contributed by atoms with Crippen LogP contribution in [0.5, 0.6) is 0 Å². The van der Waals surface area contributed by atoms with Crippen molar-refractivity contribution >= 4 is 33.4 Å². The minimum absolute atomic E-state index is 0.0199. The van der Waals surface area contributed by atoms with Crippen LogP contribution in [0.2, 0.25) is 0 Å². The fourth-order valence-corrected chi connectivity index (χ4v) is 2.44. The molecule has 15 heavy (non-hydrogen) atoms. The van der Waals surface area contributed by atoms with Gasteiger partial charge in [-0.2, -0.15) is 11.8 Å². The molecule has 1 heterocycles. The molecule has 0 bridgehead atoms. The normalized spacial score (nSPS) is 10.9. The third-order valence-corrected chi connectivity index (χ3v) is 3.50. The number of nitrogens with zero attached hydrogens (tertiary/aromatic N) is 1. The van der Waals surface area contributed by atoms with E-state index in [1.54, 1.807) is 16.8 Å². The van der Waals surface area contributed by atoms with Crippen LogP contribution in [-0.4, -0.2) is 15.6 Å². The topological polar surface area (TPSA) is 48.0 Å². The Morgan fingerprint density at radius 3 is 2.87 bits per heavy atom. The number of hydrogen-bond acceptors (Lipinski definition) is 3. The van der Waals surface area contributed by atoms with Gasteiger partial charge in [-0.25, -0.2) is 0 Å². The van der Waals surface area contributed by atoms with Gasteiger partial charge in [0.2, 0.25) is 0 Å². The highest BCUT2D eigenvalue weighted by Gasteiger charge is 2.03. The van der Waals surface area contributed by atoms with Gasteiger partial charge in [0, 0.05) is 24.2 Å². The molecule has 0 fully saturated rings. The highest BCUT2D eigenvalue weighted by molar-refractivity contribution is 9.10. The zero-order valence-electron chi connectivity index (χ0n) is 8.87. The van der Waals surface area contributed by atoms with Gasteiger partial charge in [-0.1, -0.05) is 13.8 Å². The van der Waals surface area contributed by atoms with Crippen LogP contribution >= 0.6 is 27.7 Å². The van der Waals surface area contributed by atoms with Crippen LogP contribution in [0.15, 0.2) is 21.5 Å². The van der Waals surface area contributed by atoms with Crippen LogP contribution in [0.4, 0.5) is 5.69 Å². The van der Waals surface area contributed by atoms with Crippen LogP contribution in [0, 0.1) is 0 Å². The maximum atomic E-state index is 11.6. The summed E-state index contributed by atoms with van der Waals surface area (Å²) in [6, 6.07) is 1.63. The quantitative estimate of drug-likeness (QED) is 0.926. The average Bonchev–Trinajstić information content (AvgIpc) is 2.12. The fourth-order valence-electron chi connectivity index (χ4n) is 1.17. The molecule has 0 aliphatic carbocycles. The average molecular weight is 291 g/mol. The highest BCUT2D eigenvalue weighted by atomic mass is 79.9. The molecular formula is C10H15BrN2OS. The molecule has 5 heteroatoms. The van der Waals surface area contributed by atoms with Gasteiger partial charge in [0.05, 0.1) is 4.47 Å². The second kappa shape index (κ2) is 5.61. The molecule has 3 nitrogen and oxygen atoms in total. The number of aryl methyl sites for hydroxylation is 1. The van der Waals surface area contributed by atoms with E-state index in [0.29, 0.717) is 22.0 Å². The molecule has 1 aromatic rings. The van der Waals surface area contributed by atoms with E-state index in [1.807, 2.05) is 11.8 Å². The van der Waals surface area contributed by atoms with Crippen molar-refractivity contribution in [1.29, 1.82) is 0 Å². The van der Waals surface area contributed by atoms with Crippen molar-refractivity contribution in [3.05, 3.63) is 27.1 Å². The Bertz CT molecular complexity index is 389. The number of aromatic nitrogens is 1. The third-order valence-electron chi connectivity index (χ3n) is 1.85. The Morgan fingerprint density at radius 2 is 2.27 bits per heavy atom. The predicted molar refractivity (Wildman–Crippen MR) is 70.4 cm³/mol. The lowest BCUT2D eigenvalue weighted by molar-refractivity contribution is 0.732. The van der Waals surface area contributed by atoms with Crippen LogP contribution < -0.4 is 11.3 Å². The molecule has 0 saturated carbocycles. The van der Waals surface area contributed by atoms with Crippen LogP contribution in [-0.2, 0) is 6.54 Å². The highest BCUT2D eigenvalue weighted by Crippen LogP contribution is 2.11.